The number of benzene rings is 2. The minimum absolute atomic E-state index is 0.0587. The van der Waals surface area contributed by atoms with Crippen LogP contribution in [0.3, 0.4) is 0 Å². The summed E-state index contributed by atoms with van der Waals surface area (Å²) >= 11 is 5.89. The highest BCUT2D eigenvalue weighted by molar-refractivity contribution is 6.30. The van der Waals surface area contributed by atoms with Crippen LogP contribution in [0.5, 0.6) is 0 Å². The first-order chi connectivity index (χ1) is 14.5. The summed E-state index contributed by atoms with van der Waals surface area (Å²) in [6.07, 6.45) is 3.08. The third-order valence-electron chi connectivity index (χ3n) is 5.54. The van der Waals surface area contributed by atoms with Gasteiger partial charge in [0.15, 0.2) is 0 Å². The molecular formula is C23H26ClN5O. The van der Waals surface area contributed by atoms with Gasteiger partial charge in [0.25, 0.3) is 5.91 Å². The van der Waals surface area contributed by atoms with E-state index >= 15 is 0 Å². The number of nitrogens with one attached hydrogen (secondary N) is 2. The van der Waals surface area contributed by atoms with Crippen molar-refractivity contribution in [1.29, 1.82) is 0 Å². The fourth-order valence-electron chi connectivity index (χ4n) is 3.98. The average molecular weight is 424 g/mol. The SMILES string of the molecule is CN(C)c1nc(N[C@H]2CC[C@@H](CNC(=O)c3ccc(Cl)cc3)C2)nc2ccccc12. The van der Waals surface area contributed by atoms with E-state index in [0.717, 1.165) is 36.0 Å². The molecule has 0 unspecified atom stereocenters. The third kappa shape index (κ3) is 4.65. The Hall–Kier alpha value is -2.86. The maximum Gasteiger partial charge on any atom is 0.251 e. The predicted octanol–water partition coefficient (Wildman–Crippen LogP) is 4.36. The third-order valence-corrected chi connectivity index (χ3v) is 5.79. The number of hydrogen-bond donors (Lipinski definition) is 2. The van der Waals surface area contributed by atoms with Crippen LogP contribution in [-0.2, 0) is 0 Å². The number of aromatic nitrogens is 2. The van der Waals surface area contributed by atoms with Crippen LogP contribution in [0.2, 0.25) is 5.02 Å². The van der Waals surface area contributed by atoms with Gasteiger partial charge in [-0.2, -0.15) is 4.98 Å². The molecule has 1 aliphatic carbocycles. The van der Waals surface area contributed by atoms with Crippen molar-refractivity contribution < 1.29 is 4.79 Å². The predicted molar refractivity (Wildman–Crippen MR) is 122 cm³/mol. The van der Waals surface area contributed by atoms with Gasteiger partial charge >= 0.3 is 0 Å². The average Bonchev–Trinajstić information content (AvgIpc) is 3.19. The van der Waals surface area contributed by atoms with Crippen molar-refractivity contribution in [1.82, 2.24) is 15.3 Å². The molecule has 1 heterocycles. The van der Waals surface area contributed by atoms with Gasteiger partial charge in [-0.05, 0) is 61.6 Å². The lowest BCUT2D eigenvalue weighted by Crippen LogP contribution is -2.29. The number of fused-ring (bicyclic) bond motifs is 1. The summed E-state index contributed by atoms with van der Waals surface area (Å²) in [7, 11) is 3.99. The van der Waals surface area contributed by atoms with Crippen LogP contribution in [0.4, 0.5) is 11.8 Å². The van der Waals surface area contributed by atoms with Crippen molar-refractivity contribution in [3.63, 3.8) is 0 Å². The number of rotatable bonds is 6. The first-order valence-electron chi connectivity index (χ1n) is 10.2. The van der Waals surface area contributed by atoms with Crippen LogP contribution in [0, 0.1) is 5.92 Å². The number of nitrogens with zero attached hydrogens (tertiary/aromatic N) is 3. The minimum Gasteiger partial charge on any atom is -0.362 e. The number of para-hydroxylation sites is 1. The summed E-state index contributed by atoms with van der Waals surface area (Å²) in [5.41, 5.74) is 1.57. The van der Waals surface area contributed by atoms with Gasteiger partial charge < -0.3 is 15.5 Å². The molecule has 6 nitrogen and oxygen atoms in total. The zero-order chi connectivity index (χ0) is 21.1. The molecule has 1 saturated carbocycles. The first-order valence-corrected chi connectivity index (χ1v) is 10.6. The Morgan fingerprint density at radius 3 is 2.63 bits per heavy atom. The molecule has 7 heteroatoms. The normalized spacial score (nSPS) is 18.4. The quantitative estimate of drug-likeness (QED) is 0.616. The lowest BCUT2D eigenvalue weighted by Gasteiger charge is -2.18. The van der Waals surface area contributed by atoms with Gasteiger partial charge in [-0.15, -0.1) is 0 Å². The van der Waals surface area contributed by atoms with Crippen LogP contribution in [0.25, 0.3) is 10.9 Å². The largest absolute Gasteiger partial charge is 0.362 e. The molecule has 0 radical (unpaired) electrons. The number of hydrogen-bond acceptors (Lipinski definition) is 5. The summed E-state index contributed by atoms with van der Waals surface area (Å²) in [5, 5.41) is 8.23. The number of halogens is 1. The standard InChI is InChI=1S/C23H26ClN5O/c1-29(2)21-19-5-3-4-6-20(19)27-23(28-21)26-18-12-7-15(13-18)14-25-22(30)16-8-10-17(24)11-9-16/h3-6,8-11,15,18H,7,12-14H2,1-2H3,(H,25,30)(H,26,27,28)/t15-,18+/m1/s1. The maximum absolute atomic E-state index is 12.3. The highest BCUT2D eigenvalue weighted by Gasteiger charge is 2.26. The van der Waals surface area contributed by atoms with E-state index in [1.54, 1.807) is 24.3 Å². The second-order valence-electron chi connectivity index (χ2n) is 8.02. The molecule has 30 heavy (non-hydrogen) atoms. The Labute approximate surface area is 181 Å². The second kappa shape index (κ2) is 8.88. The van der Waals surface area contributed by atoms with E-state index < -0.39 is 0 Å². The Morgan fingerprint density at radius 2 is 1.87 bits per heavy atom. The Kier molecular flexibility index (Phi) is 6.04. The van der Waals surface area contributed by atoms with Crippen LogP contribution < -0.4 is 15.5 Å². The summed E-state index contributed by atoms with van der Waals surface area (Å²) in [6.45, 7) is 0.668. The Morgan fingerprint density at radius 1 is 1.10 bits per heavy atom. The molecule has 0 spiro atoms. The van der Waals surface area contributed by atoms with Gasteiger partial charge in [0, 0.05) is 42.7 Å². The van der Waals surface area contributed by atoms with E-state index in [1.807, 2.05) is 43.3 Å². The molecule has 3 aromatic rings. The Bertz CT molecular complexity index is 1040. The molecule has 0 saturated heterocycles. The highest BCUT2D eigenvalue weighted by Crippen LogP contribution is 2.29. The fourth-order valence-corrected chi connectivity index (χ4v) is 4.11. The van der Waals surface area contributed by atoms with Gasteiger partial charge in [-0.25, -0.2) is 4.98 Å². The minimum atomic E-state index is -0.0587. The van der Waals surface area contributed by atoms with Crippen LogP contribution in [0.15, 0.2) is 48.5 Å². The second-order valence-corrected chi connectivity index (χ2v) is 8.46. The van der Waals surface area contributed by atoms with Crippen LogP contribution in [-0.4, -0.2) is 42.6 Å². The van der Waals surface area contributed by atoms with Crippen molar-refractivity contribution in [3.8, 4) is 0 Å². The van der Waals surface area contributed by atoms with Gasteiger partial charge in [-0.3, -0.25) is 4.79 Å². The Balaban J connectivity index is 1.36. The van der Waals surface area contributed by atoms with Crippen molar-refractivity contribution >= 4 is 40.2 Å². The van der Waals surface area contributed by atoms with Crippen molar-refractivity contribution in [2.24, 2.45) is 5.92 Å². The van der Waals surface area contributed by atoms with E-state index in [2.05, 4.69) is 10.6 Å². The van der Waals surface area contributed by atoms with Crippen LogP contribution in [0.1, 0.15) is 29.6 Å². The molecule has 0 bridgehead atoms. The summed E-state index contributed by atoms with van der Waals surface area (Å²) in [6, 6.07) is 15.3. The topological polar surface area (TPSA) is 70.2 Å². The van der Waals surface area contributed by atoms with Gasteiger partial charge in [0.1, 0.15) is 5.82 Å². The van der Waals surface area contributed by atoms with E-state index in [0.29, 0.717) is 35.0 Å². The first kappa shape index (κ1) is 20.4. The molecule has 2 atom stereocenters. The zero-order valence-electron chi connectivity index (χ0n) is 17.2. The molecule has 1 aromatic heterocycles. The molecule has 1 fully saturated rings. The van der Waals surface area contributed by atoms with Gasteiger partial charge in [-0.1, -0.05) is 23.7 Å². The highest BCUT2D eigenvalue weighted by atomic mass is 35.5. The van der Waals surface area contributed by atoms with Crippen LogP contribution >= 0.6 is 11.6 Å². The van der Waals surface area contributed by atoms with Crippen molar-refractivity contribution in [2.45, 2.75) is 25.3 Å². The number of amides is 1. The summed E-state index contributed by atoms with van der Waals surface area (Å²) < 4.78 is 0. The molecule has 0 aliphatic heterocycles. The molecule has 2 N–H and O–H groups in total. The zero-order valence-corrected chi connectivity index (χ0v) is 18.0. The van der Waals surface area contributed by atoms with Crippen molar-refractivity contribution in [3.05, 3.63) is 59.1 Å². The lowest BCUT2D eigenvalue weighted by molar-refractivity contribution is 0.0947. The van der Waals surface area contributed by atoms with Gasteiger partial charge in [0.05, 0.1) is 5.52 Å². The van der Waals surface area contributed by atoms with E-state index in [4.69, 9.17) is 21.6 Å². The lowest BCUT2D eigenvalue weighted by atomic mass is 10.1. The molecule has 2 aromatic carbocycles. The summed E-state index contributed by atoms with van der Waals surface area (Å²) in [4.78, 5) is 23.8. The molecule has 1 aliphatic rings. The molecule has 4 rings (SSSR count). The smallest absolute Gasteiger partial charge is 0.251 e. The maximum atomic E-state index is 12.3. The number of carbonyl (C=O) groups is 1. The molecular weight excluding hydrogens is 398 g/mol. The van der Waals surface area contributed by atoms with E-state index in [-0.39, 0.29) is 5.91 Å². The fraction of sp³-hybridized carbons (Fsp3) is 0.348. The van der Waals surface area contributed by atoms with E-state index in [9.17, 15) is 4.79 Å². The van der Waals surface area contributed by atoms with Crippen molar-refractivity contribution in [2.75, 3.05) is 30.9 Å². The molecule has 156 valence electrons. The number of carbonyl (C=O) groups excluding carboxylic acids is 1. The van der Waals surface area contributed by atoms with Gasteiger partial charge in [0.2, 0.25) is 5.95 Å². The van der Waals surface area contributed by atoms with E-state index in [1.165, 1.54) is 0 Å². The monoisotopic (exact) mass is 423 g/mol. The summed E-state index contributed by atoms with van der Waals surface area (Å²) in [5.74, 6) is 1.95. The number of anilines is 2. The molecule has 1 amide bonds.